The molecule has 86 valence electrons. The predicted molar refractivity (Wildman–Crippen MR) is 62.8 cm³/mol. The topological polar surface area (TPSA) is 38.7 Å². The molecule has 1 heterocycles. The number of ether oxygens (including phenoxy) is 2. The molecule has 0 spiro atoms. The summed E-state index contributed by atoms with van der Waals surface area (Å²) in [6, 6.07) is 5.82. The van der Waals surface area contributed by atoms with Gasteiger partial charge in [-0.05, 0) is 30.2 Å². The van der Waals surface area contributed by atoms with E-state index in [0.717, 1.165) is 29.1 Å². The average molecular weight is 220 g/mol. The van der Waals surface area contributed by atoms with Crippen LogP contribution in [0.25, 0.3) is 6.08 Å². The van der Waals surface area contributed by atoms with E-state index in [9.17, 15) is 0 Å². The highest BCUT2D eigenvalue weighted by Crippen LogP contribution is 2.30. The smallest absolute Gasteiger partial charge is 0.161 e. The quantitative estimate of drug-likeness (QED) is 0.830. The summed E-state index contributed by atoms with van der Waals surface area (Å²) in [6.07, 6.45) is 2.85. The van der Waals surface area contributed by atoms with Crippen LogP contribution in [0.2, 0.25) is 0 Å². The molecule has 0 amide bonds. The molecule has 2 rings (SSSR count). The number of hydrogen-bond acceptors (Lipinski definition) is 3. The van der Waals surface area contributed by atoms with Crippen LogP contribution in [0.4, 0.5) is 0 Å². The van der Waals surface area contributed by atoms with Gasteiger partial charge >= 0.3 is 0 Å². The van der Waals surface area contributed by atoms with E-state index in [1.807, 2.05) is 31.2 Å². The number of benzene rings is 1. The minimum absolute atomic E-state index is 0.0778. The van der Waals surface area contributed by atoms with E-state index >= 15 is 0 Å². The van der Waals surface area contributed by atoms with Crippen LogP contribution in [-0.2, 0) is 0 Å². The zero-order chi connectivity index (χ0) is 11.4. The highest BCUT2D eigenvalue weighted by molar-refractivity contribution is 5.58. The van der Waals surface area contributed by atoms with Crippen molar-refractivity contribution in [2.24, 2.45) is 0 Å². The van der Waals surface area contributed by atoms with Crippen LogP contribution in [-0.4, -0.2) is 24.9 Å². The van der Waals surface area contributed by atoms with E-state index in [1.165, 1.54) is 0 Å². The Bertz CT molecular complexity index is 396. The normalized spacial score (nSPS) is 15.8. The Labute approximate surface area is 95.3 Å². The van der Waals surface area contributed by atoms with E-state index in [2.05, 4.69) is 0 Å². The highest BCUT2D eigenvalue weighted by atomic mass is 16.5. The lowest BCUT2D eigenvalue weighted by atomic mass is 10.1. The zero-order valence-electron chi connectivity index (χ0n) is 9.40. The third-order valence-electron chi connectivity index (χ3n) is 2.43. The summed E-state index contributed by atoms with van der Waals surface area (Å²) in [7, 11) is 0. The molecule has 0 unspecified atom stereocenters. The lowest BCUT2D eigenvalue weighted by molar-refractivity contribution is 0.297. The summed E-state index contributed by atoms with van der Waals surface area (Å²) in [5.74, 6) is 1.59. The second kappa shape index (κ2) is 5.03. The molecule has 0 aromatic heterocycles. The van der Waals surface area contributed by atoms with Crippen LogP contribution in [0.5, 0.6) is 11.5 Å². The fourth-order valence-electron chi connectivity index (χ4n) is 1.60. The monoisotopic (exact) mass is 220 g/mol. The minimum atomic E-state index is 0.0778. The van der Waals surface area contributed by atoms with Crippen molar-refractivity contribution in [2.75, 3.05) is 19.8 Å². The molecule has 3 heteroatoms. The molecule has 16 heavy (non-hydrogen) atoms. The lowest BCUT2D eigenvalue weighted by Crippen LogP contribution is -1.97. The molecule has 1 aliphatic heterocycles. The van der Waals surface area contributed by atoms with Crippen LogP contribution in [0.1, 0.15) is 18.9 Å². The fourth-order valence-corrected chi connectivity index (χ4v) is 1.60. The van der Waals surface area contributed by atoms with Crippen molar-refractivity contribution >= 4 is 6.08 Å². The molecule has 3 nitrogen and oxygen atoms in total. The van der Waals surface area contributed by atoms with E-state index in [-0.39, 0.29) is 6.61 Å². The Morgan fingerprint density at radius 1 is 1.31 bits per heavy atom. The number of rotatable bonds is 2. The summed E-state index contributed by atoms with van der Waals surface area (Å²) >= 11 is 0. The van der Waals surface area contributed by atoms with Gasteiger partial charge in [0.15, 0.2) is 11.5 Å². The number of aliphatic hydroxyl groups excluding tert-OH is 1. The first-order valence-corrected chi connectivity index (χ1v) is 5.47. The van der Waals surface area contributed by atoms with Gasteiger partial charge in [0.05, 0.1) is 19.8 Å². The van der Waals surface area contributed by atoms with Gasteiger partial charge in [-0.25, -0.2) is 0 Å². The van der Waals surface area contributed by atoms with Crippen molar-refractivity contribution < 1.29 is 14.6 Å². The van der Waals surface area contributed by atoms with Crippen molar-refractivity contribution in [3.05, 3.63) is 29.3 Å². The summed E-state index contributed by atoms with van der Waals surface area (Å²) in [5.41, 5.74) is 1.95. The van der Waals surface area contributed by atoms with Crippen molar-refractivity contribution in [2.45, 2.75) is 13.3 Å². The summed E-state index contributed by atoms with van der Waals surface area (Å²) in [6.45, 7) is 3.37. The standard InChI is InChI=1S/C13H16O3/c1-10(9-14)7-11-3-4-12-13(8-11)16-6-2-5-15-12/h3-4,7-8,14H,2,5-6,9H2,1H3. The van der Waals surface area contributed by atoms with Crippen molar-refractivity contribution in [1.29, 1.82) is 0 Å². The number of hydrogen-bond donors (Lipinski definition) is 1. The van der Waals surface area contributed by atoms with Gasteiger partial charge in [-0.3, -0.25) is 0 Å². The first-order valence-electron chi connectivity index (χ1n) is 5.47. The maximum absolute atomic E-state index is 8.96. The first-order chi connectivity index (χ1) is 7.79. The molecular weight excluding hydrogens is 204 g/mol. The maximum atomic E-state index is 8.96. The van der Waals surface area contributed by atoms with Crippen molar-refractivity contribution in [3.8, 4) is 11.5 Å². The van der Waals surface area contributed by atoms with E-state index in [1.54, 1.807) is 0 Å². The molecule has 0 aliphatic carbocycles. The van der Waals surface area contributed by atoms with Gasteiger partial charge in [0.25, 0.3) is 0 Å². The molecule has 0 saturated carbocycles. The molecule has 0 saturated heterocycles. The van der Waals surface area contributed by atoms with E-state index < -0.39 is 0 Å². The predicted octanol–water partition coefficient (Wildman–Crippen LogP) is 2.24. The summed E-state index contributed by atoms with van der Waals surface area (Å²) in [4.78, 5) is 0. The van der Waals surface area contributed by atoms with E-state index in [0.29, 0.717) is 13.2 Å². The van der Waals surface area contributed by atoms with Gasteiger partial charge in [0.1, 0.15) is 0 Å². The van der Waals surface area contributed by atoms with E-state index in [4.69, 9.17) is 14.6 Å². The molecule has 0 fully saturated rings. The van der Waals surface area contributed by atoms with Gasteiger partial charge in [0, 0.05) is 6.42 Å². The molecule has 1 aromatic rings. The zero-order valence-corrected chi connectivity index (χ0v) is 9.40. The molecular formula is C13H16O3. The average Bonchev–Trinajstić information content (AvgIpc) is 2.53. The molecule has 0 bridgehead atoms. The Hall–Kier alpha value is -1.48. The summed E-state index contributed by atoms with van der Waals surface area (Å²) in [5, 5.41) is 8.96. The Kier molecular flexibility index (Phi) is 3.47. The second-order valence-corrected chi connectivity index (χ2v) is 3.91. The van der Waals surface area contributed by atoms with Gasteiger partial charge in [0.2, 0.25) is 0 Å². The molecule has 1 aromatic carbocycles. The molecule has 0 radical (unpaired) electrons. The Balaban J connectivity index is 2.27. The van der Waals surface area contributed by atoms with Crippen LogP contribution < -0.4 is 9.47 Å². The largest absolute Gasteiger partial charge is 0.490 e. The SMILES string of the molecule is CC(=Cc1ccc2c(c1)OCCCO2)CO. The number of aliphatic hydroxyl groups is 1. The molecule has 1 aliphatic rings. The fraction of sp³-hybridized carbons (Fsp3) is 0.385. The summed E-state index contributed by atoms with van der Waals surface area (Å²) < 4.78 is 11.1. The van der Waals surface area contributed by atoms with Crippen LogP contribution in [0.3, 0.4) is 0 Å². The minimum Gasteiger partial charge on any atom is -0.490 e. The Morgan fingerprint density at radius 2 is 2.06 bits per heavy atom. The lowest BCUT2D eigenvalue weighted by Gasteiger charge is -2.07. The van der Waals surface area contributed by atoms with Gasteiger partial charge in [-0.2, -0.15) is 0 Å². The van der Waals surface area contributed by atoms with Crippen molar-refractivity contribution in [3.63, 3.8) is 0 Å². The second-order valence-electron chi connectivity index (χ2n) is 3.91. The Morgan fingerprint density at radius 3 is 2.81 bits per heavy atom. The number of fused-ring (bicyclic) bond motifs is 1. The van der Waals surface area contributed by atoms with Gasteiger partial charge in [-0.15, -0.1) is 0 Å². The third kappa shape index (κ3) is 2.55. The highest BCUT2D eigenvalue weighted by Gasteiger charge is 2.09. The van der Waals surface area contributed by atoms with Gasteiger partial charge in [-0.1, -0.05) is 12.1 Å². The van der Waals surface area contributed by atoms with Crippen molar-refractivity contribution in [1.82, 2.24) is 0 Å². The van der Waals surface area contributed by atoms with Crippen LogP contribution >= 0.6 is 0 Å². The van der Waals surface area contributed by atoms with Crippen LogP contribution in [0.15, 0.2) is 23.8 Å². The molecule has 0 atom stereocenters. The van der Waals surface area contributed by atoms with Gasteiger partial charge < -0.3 is 14.6 Å². The third-order valence-corrected chi connectivity index (χ3v) is 2.43. The molecule has 1 N–H and O–H groups in total. The maximum Gasteiger partial charge on any atom is 0.161 e. The van der Waals surface area contributed by atoms with Crippen LogP contribution in [0, 0.1) is 0 Å². The first kappa shape index (κ1) is 11.0.